The highest BCUT2D eigenvalue weighted by Crippen LogP contribution is 2.26. The summed E-state index contributed by atoms with van der Waals surface area (Å²) in [6, 6.07) is 1.05. The molecule has 0 N–H and O–H groups in total. The fraction of sp³-hybridized carbons (Fsp3) is 0.417. The number of carbonyl (C=O) groups is 2. The van der Waals surface area contributed by atoms with E-state index in [2.05, 4.69) is 4.98 Å². The molecule has 1 aliphatic heterocycles. The second-order valence-electron chi connectivity index (χ2n) is 4.58. The van der Waals surface area contributed by atoms with Gasteiger partial charge in [-0.25, -0.2) is 4.98 Å². The van der Waals surface area contributed by atoms with E-state index in [1.165, 1.54) is 0 Å². The van der Waals surface area contributed by atoms with E-state index in [4.69, 9.17) is 11.6 Å². The molecule has 7 nitrogen and oxygen atoms in total. The van der Waals surface area contributed by atoms with E-state index in [0.717, 1.165) is 23.6 Å². The van der Waals surface area contributed by atoms with Crippen molar-refractivity contribution >= 4 is 29.1 Å². The molecule has 1 aromatic rings. The quantitative estimate of drug-likeness (QED) is 0.368. The summed E-state index contributed by atoms with van der Waals surface area (Å²) in [5.74, 6) is -0.798. The molecule has 0 aliphatic carbocycles. The fourth-order valence-corrected chi connectivity index (χ4v) is 2.27. The molecule has 1 atom stereocenters. The van der Waals surface area contributed by atoms with Crippen molar-refractivity contribution in [2.75, 3.05) is 6.54 Å². The first-order valence-corrected chi connectivity index (χ1v) is 6.46. The smallest absolute Gasteiger partial charge is 0.278 e. The van der Waals surface area contributed by atoms with Gasteiger partial charge in [0.2, 0.25) is 5.91 Å². The van der Waals surface area contributed by atoms with Crippen molar-refractivity contribution in [2.24, 2.45) is 5.92 Å². The van der Waals surface area contributed by atoms with Gasteiger partial charge in [-0.15, -0.1) is 0 Å². The number of pyridine rings is 1. The highest BCUT2D eigenvalue weighted by Gasteiger charge is 2.34. The van der Waals surface area contributed by atoms with Crippen molar-refractivity contribution in [3.8, 4) is 0 Å². The summed E-state index contributed by atoms with van der Waals surface area (Å²) in [5.41, 5.74) is -0.456. The van der Waals surface area contributed by atoms with Gasteiger partial charge in [-0.2, -0.15) is 0 Å². The SMILES string of the molecule is CCC1CC(=O)N(C(=O)c2cc([N+](=O)[O-])cnc2Cl)C1. The number of aromatic nitrogens is 1. The molecule has 1 aromatic heterocycles. The number of halogens is 1. The first-order valence-electron chi connectivity index (χ1n) is 6.08. The summed E-state index contributed by atoms with van der Waals surface area (Å²) in [7, 11) is 0. The number of hydrogen-bond acceptors (Lipinski definition) is 5. The second kappa shape index (κ2) is 5.54. The van der Waals surface area contributed by atoms with E-state index in [9.17, 15) is 19.7 Å². The third-order valence-electron chi connectivity index (χ3n) is 3.29. The number of carbonyl (C=O) groups excluding carboxylic acids is 2. The predicted octanol–water partition coefficient (Wildman–Crippen LogP) is 2.04. The zero-order chi connectivity index (χ0) is 14.9. The fourth-order valence-electron chi connectivity index (χ4n) is 2.08. The molecule has 106 valence electrons. The monoisotopic (exact) mass is 297 g/mol. The van der Waals surface area contributed by atoms with Crippen LogP contribution in [-0.2, 0) is 4.79 Å². The van der Waals surface area contributed by atoms with Gasteiger partial charge in [0.25, 0.3) is 11.6 Å². The average Bonchev–Trinajstić information content (AvgIpc) is 2.79. The minimum Gasteiger partial charge on any atom is -0.278 e. The minimum atomic E-state index is -0.666. The van der Waals surface area contributed by atoms with Gasteiger partial charge in [-0.1, -0.05) is 24.9 Å². The van der Waals surface area contributed by atoms with Crippen LogP contribution in [0.15, 0.2) is 12.3 Å². The van der Waals surface area contributed by atoms with Gasteiger partial charge in [0, 0.05) is 19.0 Å². The van der Waals surface area contributed by atoms with Gasteiger partial charge in [-0.05, 0) is 5.92 Å². The van der Waals surface area contributed by atoms with Crippen LogP contribution in [0, 0.1) is 16.0 Å². The van der Waals surface area contributed by atoms with E-state index in [0.29, 0.717) is 13.0 Å². The Morgan fingerprint density at radius 2 is 2.35 bits per heavy atom. The second-order valence-corrected chi connectivity index (χ2v) is 4.93. The zero-order valence-electron chi connectivity index (χ0n) is 10.7. The van der Waals surface area contributed by atoms with Gasteiger partial charge in [0.05, 0.1) is 10.5 Å². The van der Waals surface area contributed by atoms with Crippen molar-refractivity contribution < 1.29 is 14.5 Å². The average molecular weight is 298 g/mol. The van der Waals surface area contributed by atoms with Gasteiger partial charge < -0.3 is 0 Å². The lowest BCUT2D eigenvalue weighted by Gasteiger charge is -2.14. The van der Waals surface area contributed by atoms with E-state index in [1.54, 1.807) is 0 Å². The summed E-state index contributed by atoms with van der Waals surface area (Å²) in [6.07, 6.45) is 2.07. The maximum atomic E-state index is 12.3. The molecule has 0 spiro atoms. The van der Waals surface area contributed by atoms with Crippen LogP contribution < -0.4 is 0 Å². The Bertz CT molecular complexity index is 590. The van der Waals surface area contributed by atoms with Crippen LogP contribution in [-0.4, -0.2) is 33.2 Å². The van der Waals surface area contributed by atoms with Crippen molar-refractivity contribution in [1.29, 1.82) is 0 Å². The van der Waals surface area contributed by atoms with Crippen molar-refractivity contribution in [3.63, 3.8) is 0 Å². The number of amides is 2. The van der Waals surface area contributed by atoms with E-state index >= 15 is 0 Å². The van der Waals surface area contributed by atoms with Crippen molar-refractivity contribution in [2.45, 2.75) is 19.8 Å². The van der Waals surface area contributed by atoms with Crippen LogP contribution in [0.25, 0.3) is 0 Å². The predicted molar refractivity (Wildman–Crippen MR) is 70.3 cm³/mol. The summed E-state index contributed by atoms with van der Waals surface area (Å²) in [4.78, 5) is 38.8. The first kappa shape index (κ1) is 14.4. The highest BCUT2D eigenvalue weighted by molar-refractivity contribution is 6.33. The van der Waals surface area contributed by atoms with Crippen molar-refractivity contribution in [3.05, 3.63) is 33.1 Å². The minimum absolute atomic E-state index is 0.119. The highest BCUT2D eigenvalue weighted by atomic mass is 35.5. The van der Waals surface area contributed by atoms with Crippen LogP contribution in [0.1, 0.15) is 30.1 Å². The summed E-state index contributed by atoms with van der Waals surface area (Å²) < 4.78 is 0. The van der Waals surface area contributed by atoms with Crippen molar-refractivity contribution in [1.82, 2.24) is 9.88 Å². The molecule has 0 aromatic carbocycles. The number of imide groups is 1. The standard InChI is InChI=1S/C12H12ClN3O4/c1-2-7-3-10(17)15(6-7)12(18)9-4-8(16(19)20)5-14-11(9)13/h4-5,7H,2-3,6H2,1H3. The molecule has 20 heavy (non-hydrogen) atoms. The molecule has 1 unspecified atom stereocenters. The zero-order valence-corrected chi connectivity index (χ0v) is 11.5. The number of likely N-dealkylation sites (tertiary alicyclic amines) is 1. The van der Waals surface area contributed by atoms with E-state index in [1.807, 2.05) is 6.92 Å². The van der Waals surface area contributed by atoms with E-state index in [-0.39, 0.29) is 28.2 Å². The normalized spacial score (nSPS) is 18.4. The van der Waals surface area contributed by atoms with Gasteiger partial charge in [-0.3, -0.25) is 24.6 Å². The molecular weight excluding hydrogens is 286 g/mol. The van der Waals surface area contributed by atoms with Crippen LogP contribution in [0.3, 0.4) is 0 Å². The number of hydrogen-bond donors (Lipinski definition) is 0. The molecule has 1 saturated heterocycles. The maximum Gasteiger partial charge on any atom is 0.288 e. The molecular formula is C12H12ClN3O4. The Kier molecular flexibility index (Phi) is 3.99. The Labute approximate surface area is 119 Å². The van der Waals surface area contributed by atoms with Gasteiger partial charge >= 0.3 is 0 Å². The molecule has 0 radical (unpaired) electrons. The molecule has 1 fully saturated rings. The lowest BCUT2D eigenvalue weighted by molar-refractivity contribution is -0.385. The molecule has 1 aliphatic rings. The Morgan fingerprint density at radius 3 is 2.90 bits per heavy atom. The summed E-state index contributed by atoms with van der Waals surface area (Å²) in [5, 5.41) is 10.6. The van der Waals surface area contributed by atoms with Gasteiger partial charge in [0.15, 0.2) is 0 Å². The number of nitrogens with zero attached hydrogens (tertiary/aromatic N) is 3. The molecule has 0 bridgehead atoms. The molecule has 0 saturated carbocycles. The van der Waals surface area contributed by atoms with Crippen LogP contribution >= 0.6 is 11.6 Å². The lowest BCUT2D eigenvalue weighted by atomic mass is 10.1. The Balaban J connectivity index is 2.32. The third kappa shape index (κ3) is 2.62. The van der Waals surface area contributed by atoms with E-state index < -0.39 is 10.8 Å². The Morgan fingerprint density at radius 1 is 1.65 bits per heavy atom. The topological polar surface area (TPSA) is 93.4 Å². The summed E-state index contributed by atoms with van der Waals surface area (Å²) in [6.45, 7) is 2.25. The van der Waals surface area contributed by atoms with Crippen LogP contribution in [0.2, 0.25) is 5.15 Å². The first-order chi connectivity index (χ1) is 9.43. The maximum absolute atomic E-state index is 12.3. The molecule has 2 rings (SSSR count). The Hall–Kier alpha value is -2.02. The molecule has 2 amide bonds. The third-order valence-corrected chi connectivity index (χ3v) is 3.59. The van der Waals surface area contributed by atoms with Crippen LogP contribution in [0.5, 0.6) is 0 Å². The van der Waals surface area contributed by atoms with Gasteiger partial charge in [0.1, 0.15) is 11.3 Å². The summed E-state index contributed by atoms with van der Waals surface area (Å²) >= 11 is 5.80. The number of rotatable bonds is 3. The lowest BCUT2D eigenvalue weighted by Crippen LogP contribution is -2.32. The molecule has 2 heterocycles. The molecule has 8 heteroatoms. The van der Waals surface area contributed by atoms with Crippen LogP contribution in [0.4, 0.5) is 5.69 Å². The largest absolute Gasteiger partial charge is 0.288 e. The number of nitro groups is 1.